The van der Waals surface area contributed by atoms with Crippen LogP contribution in [0.3, 0.4) is 0 Å². The van der Waals surface area contributed by atoms with Crippen LogP contribution in [0.5, 0.6) is 5.75 Å². The molecule has 0 atom stereocenters. The number of nitrogens with zero attached hydrogens (tertiary/aromatic N) is 1. The molecule has 118 valence electrons. The van der Waals surface area contributed by atoms with Crippen LogP contribution < -0.4 is 34.3 Å². The average Bonchev–Trinajstić information content (AvgIpc) is 2.59. The van der Waals surface area contributed by atoms with Crippen molar-refractivity contribution in [3.05, 3.63) is 71.9 Å². The van der Waals surface area contributed by atoms with Gasteiger partial charge in [-0.25, -0.2) is 4.98 Å². The smallest absolute Gasteiger partial charge is 1.00 e. The van der Waals surface area contributed by atoms with E-state index >= 15 is 0 Å². The molecule has 0 saturated heterocycles. The molecule has 0 aliphatic rings. The molecule has 0 aliphatic carbocycles. The molecule has 3 rings (SSSR count). The number of carboxylic acid groups (broad SMARTS) is 1. The second kappa shape index (κ2) is 8.83. The van der Waals surface area contributed by atoms with E-state index in [4.69, 9.17) is 9.84 Å². The number of benzene rings is 2. The molecular weight excluding hydrogens is 313 g/mol. The molecule has 0 aliphatic heterocycles. The Balaban J connectivity index is 0.00000156. The second-order valence-electron chi connectivity index (χ2n) is 5.32. The van der Waals surface area contributed by atoms with Gasteiger partial charge in [0.05, 0.1) is 11.2 Å². The number of aromatic nitrogens is 1. The fourth-order valence-corrected chi connectivity index (χ4v) is 2.35. The topological polar surface area (TPSA) is 59.4 Å². The summed E-state index contributed by atoms with van der Waals surface area (Å²) in [4.78, 5) is 15.1. The Bertz CT molecular complexity index is 824. The van der Waals surface area contributed by atoms with Gasteiger partial charge < -0.3 is 11.3 Å². The van der Waals surface area contributed by atoms with Crippen molar-refractivity contribution in [3.63, 3.8) is 0 Å². The van der Waals surface area contributed by atoms with Crippen LogP contribution in [0.1, 0.15) is 19.1 Å². The van der Waals surface area contributed by atoms with Gasteiger partial charge in [-0.3, -0.25) is 4.79 Å². The summed E-state index contributed by atoms with van der Waals surface area (Å²) >= 11 is 0. The van der Waals surface area contributed by atoms with E-state index in [1.807, 2.05) is 60.7 Å². The van der Waals surface area contributed by atoms with Gasteiger partial charge in [-0.05, 0) is 36.2 Å². The molecule has 3 aromatic rings. The number of para-hydroxylation sites is 1. The molecular formula is C19H18NNaO3. The minimum absolute atomic E-state index is 0. The molecule has 4 nitrogen and oxygen atoms in total. The number of aryl methyl sites for hydroxylation is 1. The van der Waals surface area contributed by atoms with E-state index in [1.165, 1.54) is 0 Å². The minimum atomic E-state index is -0.785. The van der Waals surface area contributed by atoms with Crippen LogP contribution in [-0.2, 0) is 17.8 Å². The van der Waals surface area contributed by atoms with Crippen molar-refractivity contribution in [3.8, 4) is 5.75 Å². The van der Waals surface area contributed by atoms with Crippen molar-refractivity contribution < 1.29 is 45.6 Å². The molecule has 0 radical (unpaired) electrons. The number of carbonyl (C=O) groups is 1. The predicted octanol–water partition coefficient (Wildman–Crippen LogP) is 0.947. The largest absolute Gasteiger partial charge is 1.00 e. The predicted molar refractivity (Wildman–Crippen MR) is 89.6 cm³/mol. The van der Waals surface area contributed by atoms with Crippen molar-refractivity contribution >= 4 is 16.9 Å². The Kier molecular flexibility index (Phi) is 6.79. The standard InChI is InChI=1S/C19H17NO3.Na.H/c21-19(22)12-7-14-5-10-17(11-6-14)23-13-16-9-8-15-3-1-2-4-18(15)20-16;;/h1-6,8-11H,7,12-13H2,(H,21,22);;/q;+1;-1. The average molecular weight is 331 g/mol. The third-order valence-corrected chi connectivity index (χ3v) is 3.59. The van der Waals surface area contributed by atoms with Crippen LogP contribution in [0.15, 0.2) is 60.7 Å². The van der Waals surface area contributed by atoms with Gasteiger partial charge in [0.15, 0.2) is 0 Å². The molecule has 0 unspecified atom stereocenters. The number of carboxylic acids is 1. The first-order valence-corrected chi connectivity index (χ1v) is 7.49. The van der Waals surface area contributed by atoms with Gasteiger partial charge in [-0.15, -0.1) is 0 Å². The number of ether oxygens (including phenoxy) is 1. The maximum Gasteiger partial charge on any atom is 1.00 e. The summed E-state index contributed by atoms with van der Waals surface area (Å²) in [5, 5.41) is 9.79. The van der Waals surface area contributed by atoms with Crippen LogP contribution in [-0.4, -0.2) is 16.1 Å². The molecule has 2 aromatic carbocycles. The molecule has 1 N–H and O–H groups in total. The Morgan fingerprint density at radius 2 is 1.79 bits per heavy atom. The monoisotopic (exact) mass is 331 g/mol. The van der Waals surface area contributed by atoms with Gasteiger partial charge >= 0.3 is 35.5 Å². The summed E-state index contributed by atoms with van der Waals surface area (Å²) in [6.45, 7) is 0.402. The summed E-state index contributed by atoms with van der Waals surface area (Å²) < 4.78 is 5.74. The molecule has 1 aromatic heterocycles. The van der Waals surface area contributed by atoms with E-state index in [0.29, 0.717) is 13.0 Å². The van der Waals surface area contributed by atoms with Crippen LogP contribution >= 0.6 is 0 Å². The van der Waals surface area contributed by atoms with Gasteiger partial charge in [0, 0.05) is 11.8 Å². The zero-order valence-corrected chi connectivity index (χ0v) is 15.6. The molecule has 24 heavy (non-hydrogen) atoms. The molecule has 0 fully saturated rings. The van der Waals surface area contributed by atoms with Crippen molar-refractivity contribution in [2.45, 2.75) is 19.4 Å². The van der Waals surface area contributed by atoms with Crippen LogP contribution in [0.2, 0.25) is 0 Å². The summed E-state index contributed by atoms with van der Waals surface area (Å²) in [5.41, 5.74) is 2.82. The Morgan fingerprint density at radius 1 is 1.04 bits per heavy atom. The van der Waals surface area contributed by atoms with E-state index in [-0.39, 0.29) is 37.4 Å². The third kappa shape index (κ3) is 5.06. The Morgan fingerprint density at radius 3 is 2.54 bits per heavy atom. The van der Waals surface area contributed by atoms with Crippen molar-refractivity contribution in [1.29, 1.82) is 0 Å². The number of pyridine rings is 1. The Hall–Kier alpha value is -1.88. The van der Waals surface area contributed by atoms with Gasteiger partial charge in [0.2, 0.25) is 0 Å². The fourth-order valence-electron chi connectivity index (χ4n) is 2.35. The van der Waals surface area contributed by atoms with Crippen molar-refractivity contribution in [1.82, 2.24) is 4.98 Å². The van der Waals surface area contributed by atoms with Crippen LogP contribution in [0, 0.1) is 0 Å². The summed E-state index contributed by atoms with van der Waals surface area (Å²) in [7, 11) is 0. The minimum Gasteiger partial charge on any atom is -1.00 e. The molecule has 0 spiro atoms. The maximum absolute atomic E-state index is 10.6. The molecule has 0 bridgehead atoms. The number of fused-ring (bicyclic) bond motifs is 1. The summed E-state index contributed by atoms with van der Waals surface area (Å²) in [5.74, 6) is -0.0354. The summed E-state index contributed by atoms with van der Waals surface area (Å²) in [6, 6.07) is 19.5. The van der Waals surface area contributed by atoms with E-state index in [1.54, 1.807) is 0 Å². The second-order valence-corrected chi connectivity index (χ2v) is 5.32. The summed E-state index contributed by atoms with van der Waals surface area (Å²) in [6.07, 6.45) is 0.670. The number of hydrogen-bond donors (Lipinski definition) is 1. The first kappa shape index (κ1) is 18.5. The van der Waals surface area contributed by atoms with Crippen molar-refractivity contribution in [2.24, 2.45) is 0 Å². The van der Waals surface area contributed by atoms with Crippen molar-refractivity contribution in [2.75, 3.05) is 0 Å². The molecule has 5 heteroatoms. The van der Waals surface area contributed by atoms with Gasteiger partial charge in [0.1, 0.15) is 12.4 Å². The van der Waals surface area contributed by atoms with Crippen LogP contribution in [0.25, 0.3) is 10.9 Å². The van der Waals surface area contributed by atoms with E-state index in [0.717, 1.165) is 27.9 Å². The van der Waals surface area contributed by atoms with Gasteiger partial charge in [-0.1, -0.05) is 36.4 Å². The zero-order chi connectivity index (χ0) is 16.1. The fraction of sp³-hybridized carbons (Fsp3) is 0.158. The van der Waals surface area contributed by atoms with E-state index in [9.17, 15) is 4.79 Å². The third-order valence-electron chi connectivity index (χ3n) is 3.59. The maximum atomic E-state index is 10.6. The Labute approximate surface area is 164 Å². The van der Waals surface area contributed by atoms with E-state index in [2.05, 4.69) is 4.98 Å². The van der Waals surface area contributed by atoms with Crippen LogP contribution in [0.4, 0.5) is 0 Å². The van der Waals surface area contributed by atoms with Gasteiger partial charge in [-0.2, -0.15) is 0 Å². The van der Waals surface area contributed by atoms with Gasteiger partial charge in [0.25, 0.3) is 0 Å². The number of rotatable bonds is 6. The SMILES string of the molecule is O=C(O)CCc1ccc(OCc2ccc3ccccc3n2)cc1.[H-].[Na+]. The normalized spacial score (nSPS) is 10.2. The first-order chi connectivity index (χ1) is 11.2. The van der Waals surface area contributed by atoms with E-state index < -0.39 is 5.97 Å². The molecule has 0 saturated carbocycles. The quantitative estimate of drug-likeness (QED) is 0.683. The number of aliphatic carboxylic acids is 1. The molecule has 0 amide bonds. The zero-order valence-electron chi connectivity index (χ0n) is 14.6. The molecule has 1 heterocycles. The first-order valence-electron chi connectivity index (χ1n) is 7.49. The number of hydrogen-bond acceptors (Lipinski definition) is 3.